The topological polar surface area (TPSA) is 21.3 Å². The fourth-order valence-electron chi connectivity index (χ4n) is 2.25. The third-order valence-corrected chi connectivity index (χ3v) is 3.75. The van der Waals surface area contributed by atoms with Crippen LogP contribution in [-0.2, 0) is 5.92 Å². The Morgan fingerprint density at radius 1 is 1.17 bits per heavy atom. The van der Waals surface area contributed by atoms with Crippen LogP contribution >= 0.6 is 12.2 Å². The maximum atomic E-state index is 13.6. The molecule has 1 N–H and O–H groups in total. The standard InChI is InChI=1S/C15H14F5NOS/c1-13(2)7-10(12(23)21-3)9-6-8(4-5-11(9)22-13)14(16,17)15(18,19)20/h4-7H,1-3H3,(H,21,23). The van der Waals surface area contributed by atoms with Gasteiger partial charge in [-0.2, -0.15) is 22.0 Å². The van der Waals surface area contributed by atoms with E-state index in [0.717, 1.165) is 12.1 Å². The molecular weight excluding hydrogens is 337 g/mol. The number of rotatable bonds is 2. The normalized spacial score (nSPS) is 17.0. The van der Waals surface area contributed by atoms with Gasteiger partial charge < -0.3 is 10.1 Å². The molecular formula is C15H14F5NOS. The predicted molar refractivity (Wildman–Crippen MR) is 80.7 cm³/mol. The number of benzene rings is 1. The van der Waals surface area contributed by atoms with Crippen molar-refractivity contribution >= 4 is 22.8 Å². The Labute approximate surface area is 135 Å². The lowest BCUT2D eigenvalue weighted by molar-refractivity contribution is -0.289. The lowest BCUT2D eigenvalue weighted by Gasteiger charge is -2.32. The van der Waals surface area contributed by atoms with Crippen LogP contribution in [0.15, 0.2) is 24.3 Å². The average Bonchev–Trinajstić information content (AvgIpc) is 2.42. The minimum Gasteiger partial charge on any atom is -0.483 e. The summed E-state index contributed by atoms with van der Waals surface area (Å²) in [5, 5.41) is 2.70. The molecule has 1 aliphatic rings. The van der Waals surface area contributed by atoms with Crippen molar-refractivity contribution in [3.8, 4) is 5.75 Å². The third kappa shape index (κ3) is 3.17. The Hall–Kier alpha value is -1.70. The zero-order valence-electron chi connectivity index (χ0n) is 12.5. The van der Waals surface area contributed by atoms with E-state index in [4.69, 9.17) is 17.0 Å². The fraction of sp³-hybridized carbons (Fsp3) is 0.400. The highest BCUT2D eigenvalue weighted by molar-refractivity contribution is 7.81. The van der Waals surface area contributed by atoms with Crippen molar-refractivity contribution in [1.29, 1.82) is 0 Å². The summed E-state index contributed by atoms with van der Waals surface area (Å²) >= 11 is 5.12. The van der Waals surface area contributed by atoms with Gasteiger partial charge in [0.15, 0.2) is 0 Å². The van der Waals surface area contributed by atoms with Gasteiger partial charge in [0.1, 0.15) is 16.3 Å². The molecule has 0 fully saturated rings. The highest BCUT2D eigenvalue weighted by atomic mass is 32.1. The fourth-order valence-corrected chi connectivity index (χ4v) is 2.42. The van der Waals surface area contributed by atoms with Gasteiger partial charge in [0.2, 0.25) is 0 Å². The third-order valence-electron chi connectivity index (χ3n) is 3.32. The molecule has 1 heterocycles. The maximum absolute atomic E-state index is 13.6. The van der Waals surface area contributed by atoms with Crippen LogP contribution in [0.1, 0.15) is 25.0 Å². The Bertz CT molecular complexity index is 679. The van der Waals surface area contributed by atoms with Crippen LogP contribution in [0.4, 0.5) is 22.0 Å². The molecule has 8 heteroatoms. The molecule has 2 nitrogen and oxygen atoms in total. The first-order chi connectivity index (χ1) is 10.4. The van der Waals surface area contributed by atoms with E-state index in [1.54, 1.807) is 27.0 Å². The molecule has 0 saturated carbocycles. The molecule has 0 radical (unpaired) electrons. The molecule has 0 aliphatic carbocycles. The SMILES string of the molecule is CNC(=S)C1=CC(C)(C)Oc2ccc(C(F)(F)C(F)(F)F)cc21. The molecule has 0 atom stereocenters. The van der Waals surface area contributed by atoms with Crippen molar-refractivity contribution in [2.75, 3.05) is 7.05 Å². The lowest BCUT2D eigenvalue weighted by Crippen LogP contribution is -2.35. The van der Waals surface area contributed by atoms with E-state index in [0.29, 0.717) is 11.6 Å². The second-order valence-electron chi connectivity index (χ2n) is 5.63. The van der Waals surface area contributed by atoms with E-state index in [1.807, 2.05) is 0 Å². The number of nitrogens with one attached hydrogen (secondary N) is 1. The summed E-state index contributed by atoms with van der Waals surface area (Å²) in [4.78, 5) is 0.232. The first-order valence-corrected chi connectivity index (χ1v) is 7.03. The Morgan fingerprint density at radius 3 is 2.30 bits per heavy atom. The van der Waals surface area contributed by atoms with Crippen molar-refractivity contribution in [3.63, 3.8) is 0 Å². The van der Waals surface area contributed by atoms with Crippen LogP contribution in [0.25, 0.3) is 5.57 Å². The van der Waals surface area contributed by atoms with Gasteiger partial charge in [0.25, 0.3) is 0 Å². The summed E-state index contributed by atoms with van der Waals surface area (Å²) in [6.45, 7) is 3.46. The van der Waals surface area contributed by atoms with Crippen LogP contribution in [0.5, 0.6) is 5.75 Å². The van der Waals surface area contributed by atoms with Crippen LogP contribution < -0.4 is 10.1 Å². The van der Waals surface area contributed by atoms with Crippen LogP contribution in [0.3, 0.4) is 0 Å². The summed E-state index contributed by atoms with van der Waals surface area (Å²) in [6.07, 6.45) is -4.09. The largest absolute Gasteiger partial charge is 0.483 e. The molecule has 0 spiro atoms. The van der Waals surface area contributed by atoms with Gasteiger partial charge in [-0.1, -0.05) is 12.2 Å². The zero-order chi connectivity index (χ0) is 17.6. The van der Waals surface area contributed by atoms with Gasteiger partial charge in [-0.15, -0.1) is 0 Å². The molecule has 1 aromatic carbocycles. The number of hydrogen-bond donors (Lipinski definition) is 1. The second kappa shape index (κ2) is 5.43. The molecule has 126 valence electrons. The summed E-state index contributed by atoms with van der Waals surface area (Å²) in [7, 11) is 1.54. The number of fused-ring (bicyclic) bond motifs is 1. The quantitative estimate of drug-likeness (QED) is 0.629. The van der Waals surface area contributed by atoms with E-state index in [-0.39, 0.29) is 16.3 Å². The van der Waals surface area contributed by atoms with Crippen molar-refractivity contribution in [3.05, 3.63) is 35.4 Å². The monoisotopic (exact) mass is 351 g/mol. The van der Waals surface area contributed by atoms with Gasteiger partial charge in [0, 0.05) is 23.7 Å². The lowest BCUT2D eigenvalue weighted by atomic mass is 9.92. The molecule has 23 heavy (non-hydrogen) atoms. The minimum absolute atomic E-state index is 0.102. The molecule has 1 aliphatic heterocycles. The molecule has 0 unspecified atom stereocenters. The number of alkyl halides is 5. The number of thiocarbonyl (C=S) groups is 1. The summed E-state index contributed by atoms with van der Waals surface area (Å²) in [6, 6.07) is 2.60. The highest BCUT2D eigenvalue weighted by Gasteiger charge is 2.58. The van der Waals surface area contributed by atoms with Gasteiger partial charge in [-0.05, 0) is 38.1 Å². The second-order valence-corrected chi connectivity index (χ2v) is 6.03. The van der Waals surface area contributed by atoms with E-state index >= 15 is 0 Å². The number of halogens is 5. The zero-order valence-corrected chi connectivity index (χ0v) is 13.3. The highest BCUT2D eigenvalue weighted by Crippen LogP contribution is 2.46. The van der Waals surface area contributed by atoms with Gasteiger partial charge >= 0.3 is 12.1 Å². The summed E-state index contributed by atoms with van der Waals surface area (Å²) < 4.78 is 70.4. The van der Waals surface area contributed by atoms with Crippen molar-refractivity contribution < 1.29 is 26.7 Å². The van der Waals surface area contributed by atoms with Gasteiger partial charge in [-0.3, -0.25) is 0 Å². The van der Waals surface area contributed by atoms with Crippen LogP contribution in [0.2, 0.25) is 0 Å². The molecule has 2 rings (SSSR count). The minimum atomic E-state index is -5.68. The van der Waals surface area contributed by atoms with Crippen molar-refractivity contribution in [1.82, 2.24) is 5.32 Å². The maximum Gasteiger partial charge on any atom is 0.458 e. The first-order valence-electron chi connectivity index (χ1n) is 6.62. The van der Waals surface area contributed by atoms with E-state index < -0.39 is 23.3 Å². The summed E-state index contributed by atoms with van der Waals surface area (Å²) in [5.74, 6) is -4.76. The Morgan fingerprint density at radius 2 is 1.78 bits per heavy atom. The van der Waals surface area contributed by atoms with E-state index in [1.165, 1.54) is 0 Å². The first kappa shape index (κ1) is 17.7. The molecule has 1 aromatic rings. The smallest absolute Gasteiger partial charge is 0.458 e. The number of likely N-dealkylation sites (N-methyl/N-ethyl adjacent to an activating group) is 1. The average molecular weight is 351 g/mol. The number of ether oxygens (including phenoxy) is 1. The molecule has 0 saturated heterocycles. The summed E-state index contributed by atoms with van der Waals surface area (Å²) in [5.41, 5.74) is -1.47. The van der Waals surface area contributed by atoms with Crippen LogP contribution in [0, 0.1) is 0 Å². The van der Waals surface area contributed by atoms with E-state index in [2.05, 4.69) is 5.32 Å². The van der Waals surface area contributed by atoms with Crippen molar-refractivity contribution in [2.24, 2.45) is 0 Å². The number of hydrogen-bond acceptors (Lipinski definition) is 2. The van der Waals surface area contributed by atoms with Gasteiger partial charge in [0.05, 0.1) is 0 Å². The molecule has 0 aromatic heterocycles. The van der Waals surface area contributed by atoms with Crippen LogP contribution in [-0.4, -0.2) is 23.8 Å². The Balaban J connectivity index is 2.62. The van der Waals surface area contributed by atoms with E-state index in [9.17, 15) is 22.0 Å². The Kier molecular flexibility index (Phi) is 4.17. The predicted octanol–water partition coefficient (Wildman–Crippen LogP) is 4.44. The molecule has 0 amide bonds. The van der Waals surface area contributed by atoms with Crippen molar-refractivity contribution in [2.45, 2.75) is 31.5 Å². The molecule has 0 bridgehead atoms. The van der Waals surface area contributed by atoms with Gasteiger partial charge in [-0.25, -0.2) is 0 Å².